The molecular formula is C23H22FN3O2S. The van der Waals surface area contributed by atoms with Gasteiger partial charge >= 0.3 is 0 Å². The highest BCUT2D eigenvalue weighted by Gasteiger charge is 2.29. The SMILES string of the molecule is C=CCOc1ccccc1C=C1SC(N2CCN(c3ccccc3F)CC2)=NC1=O. The Morgan fingerprint density at radius 2 is 1.77 bits per heavy atom. The molecule has 0 radical (unpaired) electrons. The van der Waals surface area contributed by atoms with E-state index in [-0.39, 0.29) is 11.7 Å². The van der Waals surface area contributed by atoms with Gasteiger partial charge in [-0.15, -0.1) is 0 Å². The van der Waals surface area contributed by atoms with Crippen molar-refractivity contribution in [2.75, 3.05) is 37.7 Å². The van der Waals surface area contributed by atoms with Crippen molar-refractivity contribution in [3.63, 3.8) is 0 Å². The number of carbonyl (C=O) groups excluding carboxylic acids is 1. The van der Waals surface area contributed by atoms with Crippen molar-refractivity contribution in [2.45, 2.75) is 0 Å². The fraction of sp³-hybridized carbons (Fsp3) is 0.217. The third-order valence-corrected chi connectivity index (χ3v) is 5.96. The molecule has 7 heteroatoms. The Labute approximate surface area is 179 Å². The van der Waals surface area contributed by atoms with Gasteiger partial charge in [0.05, 0.1) is 10.6 Å². The number of hydrogen-bond donors (Lipinski definition) is 0. The first kappa shape index (κ1) is 20.2. The van der Waals surface area contributed by atoms with Crippen molar-refractivity contribution in [1.82, 2.24) is 4.90 Å². The van der Waals surface area contributed by atoms with Crippen molar-refractivity contribution >= 4 is 34.6 Å². The number of nitrogens with zero attached hydrogens (tertiary/aromatic N) is 3. The minimum atomic E-state index is -0.245. The minimum absolute atomic E-state index is 0.212. The van der Waals surface area contributed by atoms with Gasteiger partial charge in [0.2, 0.25) is 0 Å². The van der Waals surface area contributed by atoms with Gasteiger partial charge in [0.1, 0.15) is 18.2 Å². The third kappa shape index (κ3) is 4.41. The standard InChI is InChI=1S/C23H22FN3O2S/c1-2-15-29-20-10-6-3-7-17(20)16-21-22(28)25-23(30-21)27-13-11-26(12-14-27)19-9-5-4-8-18(19)24/h2-10,16H,1,11-15H2. The molecule has 154 valence electrons. The van der Waals surface area contributed by atoms with E-state index in [2.05, 4.69) is 16.5 Å². The molecule has 1 fully saturated rings. The summed E-state index contributed by atoms with van der Waals surface area (Å²) in [6.45, 7) is 6.77. The van der Waals surface area contributed by atoms with Gasteiger partial charge in [-0.2, -0.15) is 4.99 Å². The molecule has 2 aliphatic heterocycles. The molecule has 2 heterocycles. The summed E-state index contributed by atoms with van der Waals surface area (Å²) in [6.07, 6.45) is 3.50. The second-order valence-electron chi connectivity index (χ2n) is 6.87. The summed E-state index contributed by atoms with van der Waals surface area (Å²) >= 11 is 1.37. The first-order valence-electron chi connectivity index (χ1n) is 9.75. The number of piperazine rings is 1. The van der Waals surface area contributed by atoms with Crippen molar-refractivity contribution in [2.24, 2.45) is 4.99 Å². The van der Waals surface area contributed by atoms with Gasteiger partial charge in [-0.3, -0.25) is 4.79 Å². The fourth-order valence-electron chi connectivity index (χ4n) is 3.40. The Morgan fingerprint density at radius 3 is 2.53 bits per heavy atom. The van der Waals surface area contributed by atoms with Crippen molar-refractivity contribution in [1.29, 1.82) is 0 Å². The smallest absolute Gasteiger partial charge is 0.286 e. The van der Waals surface area contributed by atoms with Crippen LogP contribution in [-0.4, -0.2) is 48.8 Å². The van der Waals surface area contributed by atoms with Gasteiger partial charge < -0.3 is 14.5 Å². The molecule has 0 spiro atoms. The summed E-state index contributed by atoms with van der Waals surface area (Å²) in [5, 5.41) is 0.698. The number of hydrogen-bond acceptors (Lipinski definition) is 5. The molecule has 0 atom stereocenters. The number of halogens is 1. The first-order chi connectivity index (χ1) is 14.7. The van der Waals surface area contributed by atoms with Crippen LogP contribution in [0.4, 0.5) is 10.1 Å². The van der Waals surface area contributed by atoms with Crippen LogP contribution in [0.25, 0.3) is 6.08 Å². The van der Waals surface area contributed by atoms with Crippen LogP contribution < -0.4 is 9.64 Å². The first-order valence-corrected chi connectivity index (χ1v) is 10.6. The predicted octanol–water partition coefficient (Wildman–Crippen LogP) is 4.18. The van der Waals surface area contributed by atoms with Gasteiger partial charge in [-0.25, -0.2) is 4.39 Å². The third-order valence-electron chi connectivity index (χ3n) is 4.91. The molecule has 1 amide bonds. The van der Waals surface area contributed by atoms with E-state index in [9.17, 15) is 9.18 Å². The fourth-order valence-corrected chi connectivity index (χ4v) is 4.36. The Hall–Kier alpha value is -3.06. The van der Waals surface area contributed by atoms with Crippen LogP contribution in [0.5, 0.6) is 5.75 Å². The highest BCUT2D eigenvalue weighted by atomic mass is 32.2. The quantitative estimate of drug-likeness (QED) is 0.533. The minimum Gasteiger partial charge on any atom is -0.489 e. The van der Waals surface area contributed by atoms with Gasteiger partial charge in [0.15, 0.2) is 5.17 Å². The molecule has 0 aliphatic carbocycles. The maximum Gasteiger partial charge on any atom is 0.286 e. The van der Waals surface area contributed by atoms with Crippen molar-refractivity contribution < 1.29 is 13.9 Å². The van der Waals surface area contributed by atoms with Gasteiger partial charge in [0.25, 0.3) is 5.91 Å². The van der Waals surface area contributed by atoms with E-state index in [4.69, 9.17) is 4.74 Å². The number of thioether (sulfide) groups is 1. The number of para-hydroxylation sites is 2. The lowest BCUT2D eigenvalue weighted by Crippen LogP contribution is -2.48. The normalized spacial score (nSPS) is 18.0. The molecule has 0 N–H and O–H groups in total. The average Bonchev–Trinajstić information content (AvgIpc) is 3.14. The van der Waals surface area contributed by atoms with Crippen LogP contribution in [0, 0.1) is 5.82 Å². The number of ether oxygens (including phenoxy) is 1. The molecule has 2 aromatic rings. The number of amidine groups is 1. The van der Waals surface area contributed by atoms with E-state index >= 15 is 0 Å². The Balaban J connectivity index is 1.42. The Morgan fingerprint density at radius 1 is 1.07 bits per heavy atom. The van der Waals surface area contributed by atoms with E-state index < -0.39 is 0 Å². The van der Waals surface area contributed by atoms with Crippen LogP contribution in [0.2, 0.25) is 0 Å². The molecule has 4 rings (SSSR count). The van der Waals surface area contributed by atoms with Crippen LogP contribution in [-0.2, 0) is 4.79 Å². The Kier molecular flexibility index (Phi) is 6.18. The number of carbonyl (C=O) groups is 1. The lowest BCUT2D eigenvalue weighted by Gasteiger charge is -2.36. The number of aliphatic imine (C=N–C) groups is 1. The molecule has 0 aromatic heterocycles. The zero-order valence-electron chi connectivity index (χ0n) is 16.5. The molecule has 1 saturated heterocycles. The van der Waals surface area contributed by atoms with Crippen LogP contribution >= 0.6 is 11.8 Å². The molecule has 2 aliphatic rings. The Bertz CT molecular complexity index is 1010. The lowest BCUT2D eigenvalue weighted by molar-refractivity contribution is -0.113. The monoisotopic (exact) mass is 423 g/mol. The largest absolute Gasteiger partial charge is 0.489 e. The molecule has 0 bridgehead atoms. The average molecular weight is 424 g/mol. The van der Waals surface area contributed by atoms with E-state index in [1.54, 1.807) is 18.2 Å². The lowest BCUT2D eigenvalue weighted by atomic mass is 10.2. The van der Waals surface area contributed by atoms with E-state index in [1.807, 2.05) is 41.3 Å². The van der Waals surface area contributed by atoms with Gasteiger partial charge in [-0.05, 0) is 36.0 Å². The van der Waals surface area contributed by atoms with E-state index in [1.165, 1.54) is 17.8 Å². The molecule has 5 nitrogen and oxygen atoms in total. The van der Waals surface area contributed by atoms with E-state index in [0.29, 0.717) is 54.3 Å². The van der Waals surface area contributed by atoms with Gasteiger partial charge in [-0.1, -0.05) is 43.0 Å². The summed E-state index contributed by atoms with van der Waals surface area (Å²) < 4.78 is 19.7. The molecule has 30 heavy (non-hydrogen) atoms. The van der Waals surface area contributed by atoms with Crippen molar-refractivity contribution in [3.8, 4) is 5.75 Å². The highest BCUT2D eigenvalue weighted by Crippen LogP contribution is 2.33. The summed E-state index contributed by atoms with van der Waals surface area (Å²) in [5.41, 5.74) is 1.45. The van der Waals surface area contributed by atoms with Crippen molar-refractivity contribution in [3.05, 3.63) is 77.5 Å². The molecular weight excluding hydrogens is 401 g/mol. The highest BCUT2D eigenvalue weighted by molar-refractivity contribution is 8.18. The summed E-state index contributed by atoms with van der Waals surface area (Å²) in [4.78, 5) is 21.4. The maximum atomic E-state index is 14.0. The van der Waals surface area contributed by atoms with E-state index in [0.717, 1.165) is 5.56 Å². The zero-order chi connectivity index (χ0) is 20.9. The number of amides is 1. The molecule has 0 saturated carbocycles. The second kappa shape index (κ2) is 9.17. The molecule has 2 aromatic carbocycles. The number of benzene rings is 2. The van der Waals surface area contributed by atoms with Crippen LogP contribution in [0.1, 0.15) is 5.56 Å². The topological polar surface area (TPSA) is 45.1 Å². The number of anilines is 1. The molecule has 0 unspecified atom stereocenters. The van der Waals surface area contributed by atoms with Crippen LogP contribution in [0.15, 0.2) is 71.1 Å². The van der Waals surface area contributed by atoms with Crippen LogP contribution in [0.3, 0.4) is 0 Å². The summed E-state index contributed by atoms with van der Waals surface area (Å²) in [5.74, 6) is 0.242. The number of rotatable bonds is 5. The second-order valence-corrected chi connectivity index (χ2v) is 7.88. The predicted molar refractivity (Wildman–Crippen MR) is 120 cm³/mol. The maximum absolute atomic E-state index is 14.0. The van der Waals surface area contributed by atoms with Gasteiger partial charge in [0, 0.05) is 31.7 Å². The zero-order valence-corrected chi connectivity index (χ0v) is 17.3. The summed E-state index contributed by atoms with van der Waals surface area (Å²) in [7, 11) is 0. The summed E-state index contributed by atoms with van der Waals surface area (Å²) in [6, 6.07) is 14.4.